The van der Waals surface area contributed by atoms with Gasteiger partial charge in [-0.15, -0.1) is 0 Å². The molecule has 0 radical (unpaired) electrons. The molecule has 10 heteroatoms. The molecule has 0 saturated heterocycles. The maximum atomic E-state index is 14.9. The number of nitrogens with zero attached hydrogens (tertiary/aromatic N) is 3. The van der Waals surface area contributed by atoms with Gasteiger partial charge in [0.2, 0.25) is 5.91 Å². The molecule has 44 heavy (non-hydrogen) atoms. The van der Waals surface area contributed by atoms with Gasteiger partial charge >= 0.3 is 5.97 Å². The lowest BCUT2D eigenvalue weighted by Gasteiger charge is -2.49. The normalized spacial score (nSPS) is 16.3. The SMILES string of the molecule is CC(=O)N[C@](Cc1ccccc1)(C(=O)C(=O)OC(C)C)N1C(=O)C(C(C)C)N(C(=O)c2ccccn2)C=C1c1ccccc1. The van der Waals surface area contributed by atoms with Crippen molar-refractivity contribution in [2.24, 2.45) is 5.92 Å². The molecule has 3 amide bonds. The smallest absolute Gasteiger partial charge is 0.379 e. The summed E-state index contributed by atoms with van der Waals surface area (Å²) in [6.45, 7) is 7.94. The number of carbonyl (C=O) groups is 5. The van der Waals surface area contributed by atoms with Gasteiger partial charge in [0, 0.05) is 25.7 Å². The molecule has 1 unspecified atom stereocenters. The van der Waals surface area contributed by atoms with Crippen LogP contribution < -0.4 is 5.32 Å². The van der Waals surface area contributed by atoms with Crippen molar-refractivity contribution >= 4 is 35.2 Å². The van der Waals surface area contributed by atoms with E-state index in [4.69, 9.17) is 4.74 Å². The van der Waals surface area contributed by atoms with Gasteiger partial charge in [0.25, 0.3) is 17.6 Å². The highest BCUT2D eigenvalue weighted by Gasteiger charge is 2.56. The van der Waals surface area contributed by atoms with Crippen molar-refractivity contribution in [1.82, 2.24) is 20.1 Å². The monoisotopic (exact) mass is 596 g/mol. The Labute approximate surface area is 256 Å². The number of carbonyl (C=O) groups excluding carboxylic acids is 5. The maximum absolute atomic E-state index is 14.9. The molecule has 1 N–H and O–H groups in total. The molecule has 1 aliphatic rings. The Hall–Kier alpha value is -5.12. The first-order valence-electron chi connectivity index (χ1n) is 14.4. The topological polar surface area (TPSA) is 126 Å². The fraction of sp³-hybridized carbons (Fsp3) is 0.294. The van der Waals surface area contributed by atoms with E-state index < -0.39 is 53.2 Å². The molecular formula is C34H36N4O6. The summed E-state index contributed by atoms with van der Waals surface area (Å²) in [5, 5.41) is 2.69. The lowest BCUT2D eigenvalue weighted by molar-refractivity contribution is -0.165. The summed E-state index contributed by atoms with van der Waals surface area (Å²) in [6.07, 6.45) is 2.07. The van der Waals surface area contributed by atoms with Crippen LogP contribution in [0.3, 0.4) is 0 Å². The van der Waals surface area contributed by atoms with Gasteiger partial charge in [-0.1, -0.05) is 80.6 Å². The number of nitrogens with one attached hydrogen (secondary N) is 1. The number of esters is 1. The molecule has 2 heterocycles. The standard InChI is InChI=1S/C34H36N4O6/c1-22(2)29-32(42)38(28(26-16-10-7-11-17-26)21-37(29)31(41)27-18-12-13-19-35-27)34(36-24(5)39,20-25-14-8-6-9-15-25)30(40)33(43)44-23(3)4/h6-19,21-23,29H,20H2,1-5H3,(H,36,39)/t29?,34-/m0/s1. The minimum atomic E-state index is -2.24. The number of benzene rings is 2. The Bertz CT molecular complexity index is 1560. The first-order chi connectivity index (χ1) is 21.0. The number of Topliss-reactive ketones (excluding diaryl/α,β-unsaturated/α-hetero) is 1. The Kier molecular flexibility index (Phi) is 9.73. The number of ether oxygens (including phenoxy) is 1. The summed E-state index contributed by atoms with van der Waals surface area (Å²) in [7, 11) is 0. The van der Waals surface area contributed by atoms with E-state index in [2.05, 4.69) is 10.3 Å². The van der Waals surface area contributed by atoms with Gasteiger partial charge in [0.05, 0.1) is 11.8 Å². The van der Waals surface area contributed by atoms with Crippen molar-refractivity contribution in [3.8, 4) is 0 Å². The fourth-order valence-electron chi connectivity index (χ4n) is 5.30. The van der Waals surface area contributed by atoms with Crippen molar-refractivity contribution in [3.05, 3.63) is 108 Å². The summed E-state index contributed by atoms with van der Waals surface area (Å²) in [5.41, 5.74) is -0.954. The third-order valence-corrected chi connectivity index (χ3v) is 7.07. The van der Waals surface area contributed by atoms with Crippen LogP contribution in [0.4, 0.5) is 0 Å². The van der Waals surface area contributed by atoms with Gasteiger partial charge in [-0.2, -0.15) is 0 Å². The second-order valence-electron chi connectivity index (χ2n) is 11.2. The lowest BCUT2D eigenvalue weighted by atomic mass is 9.87. The van der Waals surface area contributed by atoms with Crippen molar-refractivity contribution < 1.29 is 28.7 Å². The molecule has 4 rings (SSSR count). The number of amides is 3. The molecule has 0 bridgehead atoms. The zero-order valence-corrected chi connectivity index (χ0v) is 25.4. The average Bonchev–Trinajstić information content (AvgIpc) is 3.00. The number of rotatable bonds is 10. The number of hydrogen-bond acceptors (Lipinski definition) is 7. The molecule has 2 atom stereocenters. The molecule has 228 valence electrons. The number of aromatic nitrogens is 1. The van der Waals surface area contributed by atoms with E-state index in [0.29, 0.717) is 11.1 Å². The molecule has 0 fully saturated rings. The minimum absolute atomic E-state index is 0.122. The van der Waals surface area contributed by atoms with Crippen molar-refractivity contribution in [2.45, 2.75) is 58.8 Å². The van der Waals surface area contributed by atoms with Crippen LogP contribution in [0.1, 0.15) is 56.2 Å². The third kappa shape index (κ3) is 6.59. The van der Waals surface area contributed by atoms with E-state index >= 15 is 0 Å². The van der Waals surface area contributed by atoms with Gasteiger partial charge in [0.15, 0.2) is 5.66 Å². The van der Waals surface area contributed by atoms with E-state index in [-0.39, 0.29) is 17.8 Å². The van der Waals surface area contributed by atoms with E-state index in [0.717, 1.165) is 4.90 Å². The van der Waals surface area contributed by atoms with Crippen molar-refractivity contribution in [2.75, 3.05) is 0 Å². The molecular weight excluding hydrogens is 560 g/mol. The molecule has 1 aliphatic heterocycles. The van der Waals surface area contributed by atoms with Crippen LogP contribution in [0, 0.1) is 5.92 Å². The highest BCUT2D eigenvalue weighted by molar-refractivity contribution is 6.38. The van der Waals surface area contributed by atoms with E-state index in [1.54, 1.807) is 107 Å². The van der Waals surface area contributed by atoms with Crippen LogP contribution in [0.25, 0.3) is 5.70 Å². The Balaban J connectivity index is 2.05. The van der Waals surface area contributed by atoms with Crippen molar-refractivity contribution in [3.63, 3.8) is 0 Å². The quantitative estimate of drug-likeness (QED) is 0.277. The summed E-state index contributed by atoms with van der Waals surface area (Å²) in [6, 6.07) is 21.2. The zero-order chi connectivity index (χ0) is 32.0. The number of pyridine rings is 1. The van der Waals surface area contributed by atoms with Crippen LogP contribution in [0.2, 0.25) is 0 Å². The lowest BCUT2D eigenvalue weighted by Crippen LogP contribution is -2.72. The van der Waals surface area contributed by atoms with E-state index in [1.807, 2.05) is 0 Å². The van der Waals surface area contributed by atoms with E-state index in [1.165, 1.54) is 24.2 Å². The molecule has 1 aromatic heterocycles. The van der Waals surface area contributed by atoms with Crippen LogP contribution in [-0.2, 0) is 30.3 Å². The zero-order valence-electron chi connectivity index (χ0n) is 25.4. The Morgan fingerprint density at radius 1 is 0.909 bits per heavy atom. The minimum Gasteiger partial charge on any atom is -0.457 e. The predicted molar refractivity (Wildman–Crippen MR) is 163 cm³/mol. The predicted octanol–water partition coefficient (Wildman–Crippen LogP) is 3.99. The molecule has 0 spiro atoms. The number of hydrogen-bond donors (Lipinski definition) is 1. The van der Waals surface area contributed by atoms with E-state index in [9.17, 15) is 24.0 Å². The Morgan fingerprint density at radius 3 is 2.07 bits per heavy atom. The highest BCUT2D eigenvalue weighted by Crippen LogP contribution is 2.37. The summed E-state index contributed by atoms with van der Waals surface area (Å²) < 4.78 is 5.33. The first kappa shape index (κ1) is 31.8. The molecule has 3 aromatic rings. The van der Waals surface area contributed by atoms with Gasteiger partial charge in [-0.25, -0.2) is 4.79 Å². The number of ketones is 1. The van der Waals surface area contributed by atoms with Crippen LogP contribution in [0.5, 0.6) is 0 Å². The van der Waals surface area contributed by atoms with Crippen LogP contribution in [-0.4, -0.2) is 62.1 Å². The molecule has 10 nitrogen and oxygen atoms in total. The molecule has 2 aromatic carbocycles. The van der Waals surface area contributed by atoms with Crippen LogP contribution in [0.15, 0.2) is 91.3 Å². The van der Waals surface area contributed by atoms with Gasteiger partial charge < -0.3 is 10.1 Å². The highest BCUT2D eigenvalue weighted by atomic mass is 16.5. The maximum Gasteiger partial charge on any atom is 0.379 e. The summed E-state index contributed by atoms with van der Waals surface area (Å²) in [4.78, 5) is 76.1. The second-order valence-corrected chi connectivity index (χ2v) is 11.2. The Morgan fingerprint density at radius 2 is 1.52 bits per heavy atom. The first-order valence-corrected chi connectivity index (χ1v) is 14.4. The summed E-state index contributed by atoms with van der Waals surface area (Å²) >= 11 is 0. The fourth-order valence-corrected chi connectivity index (χ4v) is 5.30. The van der Waals surface area contributed by atoms with Gasteiger partial charge in [-0.3, -0.25) is 34.0 Å². The second kappa shape index (κ2) is 13.5. The molecule has 0 aliphatic carbocycles. The third-order valence-electron chi connectivity index (χ3n) is 7.07. The van der Waals surface area contributed by atoms with Gasteiger partial charge in [0.1, 0.15) is 11.7 Å². The molecule has 0 saturated carbocycles. The summed E-state index contributed by atoms with van der Waals surface area (Å²) in [5.74, 6) is -4.63. The van der Waals surface area contributed by atoms with Crippen LogP contribution >= 0.6 is 0 Å². The van der Waals surface area contributed by atoms with Gasteiger partial charge in [-0.05, 0) is 43.0 Å². The largest absolute Gasteiger partial charge is 0.457 e. The van der Waals surface area contributed by atoms with Crippen molar-refractivity contribution in [1.29, 1.82) is 0 Å². The average molecular weight is 597 g/mol.